The molecule has 3 heterocycles. The van der Waals surface area contributed by atoms with Gasteiger partial charge in [-0.2, -0.15) is 9.97 Å². The molecule has 63 heavy (non-hydrogen) atoms. The van der Waals surface area contributed by atoms with Crippen LogP contribution in [0.4, 0.5) is 0 Å². The number of benzene rings is 9. The molecule has 12 aromatic rings. The Kier molecular flexibility index (Phi) is 6.97. The van der Waals surface area contributed by atoms with Crippen LogP contribution in [0.25, 0.3) is 100 Å². The third-order valence-electron chi connectivity index (χ3n) is 13.6. The number of para-hydroxylation sites is 3. The second-order valence-electron chi connectivity index (χ2n) is 16.7. The number of fused-ring (bicyclic) bond motifs is 16. The molecule has 3 aromatic heterocycles. The largest absolute Gasteiger partial charge is 0.309 e. The van der Waals surface area contributed by atoms with Crippen molar-refractivity contribution in [2.24, 2.45) is 0 Å². The summed E-state index contributed by atoms with van der Waals surface area (Å²) in [6, 6.07) is 76.5. The molecule has 1 spiro atoms. The Balaban J connectivity index is 1.08. The lowest BCUT2D eigenvalue weighted by Crippen LogP contribution is -2.25. The standard InChI is InChI=1S/C58H35N5/c1-3-18-36(19-4-1)55-59-56(43-27-17-31-49-54(43)42-26-9-14-30-48(42)58(49)46-28-12-7-22-38(46)39-23-8-13-29-47(39)58)61-57(60-55)63-51-33-16-11-25-41(51)45-34-44-40-24-10-15-32-50(40)62(52(44)35-53(45)63)37-20-5-2-6-21-37/h1-35H. The maximum absolute atomic E-state index is 5.56. The first-order valence-corrected chi connectivity index (χ1v) is 21.5. The van der Waals surface area contributed by atoms with Crippen molar-refractivity contribution < 1.29 is 0 Å². The summed E-state index contributed by atoms with van der Waals surface area (Å²) in [5.41, 5.74) is 16.9. The number of hydrogen-bond donors (Lipinski definition) is 0. The van der Waals surface area contributed by atoms with E-state index < -0.39 is 5.41 Å². The topological polar surface area (TPSA) is 48.5 Å². The van der Waals surface area contributed by atoms with Gasteiger partial charge in [-0.05, 0) is 80.9 Å². The van der Waals surface area contributed by atoms with Crippen LogP contribution in [0.15, 0.2) is 212 Å². The van der Waals surface area contributed by atoms with E-state index >= 15 is 0 Å². The third-order valence-corrected chi connectivity index (χ3v) is 13.6. The monoisotopic (exact) mass is 801 g/mol. The van der Waals surface area contributed by atoms with Crippen LogP contribution in [-0.4, -0.2) is 24.1 Å². The van der Waals surface area contributed by atoms with Crippen molar-refractivity contribution in [3.05, 3.63) is 235 Å². The van der Waals surface area contributed by atoms with E-state index in [1.165, 1.54) is 55.2 Å². The SMILES string of the molecule is c1ccc(-c2nc(-c3cccc4c3-c3ccccc3C43c4ccccc4-c4ccccc43)nc(-n3c4ccccc4c4cc5c6ccccc6n(-c6ccccc6)c5cc43)n2)cc1. The molecule has 0 saturated carbocycles. The van der Waals surface area contributed by atoms with Crippen molar-refractivity contribution in [1.29, 1.82) is 0 Å². The molecule has 2 aliphatic rings. The van der Waals surface area contributed by atoms with E-state index in [-0.39, 0.29) is 0 Å². The maximum atomic E-state index is 5.56. The first-order valence-electron chi connectivity index (χ1n) is 21.5. The van der Waals surface area contributed by atoms with Gasteiger partial charge in [-0.25, -0.2) is 4.98 Å². The fourth-order valence-electron chi connectivity index (χ4n) is 11.1. The molecular weight excluding hydrogens is 767 g/mol. The average Bonchev–Trinajstić information content (AvgIpc) is 4.05. The molecule has 9 aromatic carbocycles. The highest BCUT2D eigenvalue weighted by molar-refractivity contribution is 6.19. The van der Waals surface area contributed by atoms with E-state index in [1.54, 1.807) is 0 Å². The molecular formula is C58H35N5. The molecule has 0 amide bonds. The van der Waals surface area contributed by atoms with Crippen molar-refractivity contribution in [3.8, 4) is 56.7 Å². The molecule has 0 aliphatic heterocycles. The van der Waals surface area contributed by atoms with E-state index in [1.807, 2.05) is 18.2 Å². The maximum Gasteiger partial charge on any atom is 0.238 e. The fourth-order valence-corrected chi connectivity index (χ4v) is 11.1. The zero-order valence-corrected chi connectivity index (χ0v) is 33.9. The van der Waals surface area contributed by atoms with Crippen LogP contribution in [0.1, 0.15) is 22.3 Å². The Morgan fingerprint density at radius 1 is 0.317 bits per heavy atom. The molecule has 5 heteroatoms. The number of hydrogen-bond acceptors (Lipinski definition) is 3. The Bertz CT molecular complexity index is 3810. The van der Waals surface area contributed by atoms with Crippen LogP contribution < -0.4 is 0 Å². The second-order valence-corrected chi connectivity index (χ2v) is 16.7. The van der Waals surface area contributed by atoms with Gasteiger partial charge in [-0.15, -0.1) is 0 Å². The Morgan fingerprint density at radius 3 is 1.49 bits per heavy atom. The van der Waals surface area contributed by atoms with Gasteiger partial charge in [0.05, 0.1) is 27.5 Å². The summed E-state index contributed by atoms with van der Waals surface area (Å²) in [6.45, 7) is 0. The van der Waals surface area contributed by atoms with Crippen LogP contribution in [0.2, 0.25) is 0 Å². The quantitative estimate of drug-likeness (QED) is 0.178. The van der Waals surface area contributed by atoms with Gasteiger partial charge in [-0.3, -0.25) is 4.57 Å². The van der Waals surface area contributed by atoms with Gasteiger partial charge in [0, 0.05) is 38.4 Å². The molecule has 2 aliphatic carbocycles. The van der Waals surface area contributed by atoms with Crippen molar-refractivity contribution in [3.63, 3.8) is 0 Å². The molecule has 0 fully saturated rings. The molecule has 0 unspecified atom stereocenters. The van der Waals surface area contributed by atoms with Gasteiger partial charge in [0.25, 0.3) is 0 Å². The Hall–Kier alpha value is -8.41. The predicted molar refractivity (Wildman–Crippen MR) is 256 cm³/mol. The highest BCUT2D eigenvalue weighted by Gasteiger charge is 2.52. The molecule has 0 bridgehead atoms. The van der Waals surface area contributed by atoms with Crippen LogP contribution in [-0.2, 0) is 5.41 Å². The minimum Gasteiger partial charge on any atom is -0.309 e. The lowest BCUT2D eigenvalue weighted by Gasteiger charge is -2.30. The van der Waals surface area contributed by atoms with Crippen LogP contribution in [0, 0.1) is 0 Å². The van der Waals surface area contributed by atoms with Gasteiger partial charge in [0.2, 0.25) is 5.95 Å². The van der Waals surface area contributed by atoms with E-state index in [0.717, 1.165) is 49.7 Å². The summed E-state index contributed by atoms with van der Waals surface area (Å²) in [6.07, 6.45) is 0. The van der Waals surface area contributed by atoms with Crippen LogP contribution in [0.5, 0.6) is 0 Å². The van der Waals surface area contributed by atoms with Gasteiger partial charge in [0.15, 0.2) is 11.6 Å². The molecule has 0 saturated heterocycles. The summed E-state index contributed by atoms with van der Waals surface area (Å²) in [5.74, 6) is 1.82. The molecule has 0 atom stereocenters. The Morgan fingerprint density at radius 2 is 0.810 bits per heavy atom. The van der Waals surface area contributed by atoms with Gasteiger partial charge in [-0.1, -0.05) is 176 Å². The van der Waals surface area contributed by atoms with Crippen molar-refractivity contribution in [1.82, 2.24) is 24.1 Å². The number of rotatable bonds is 4. The van der Waals surface area contributed by atoms with Crippen molar-refractivity contribution >= 4 is 43.6 Å². The van der Waals surface area contributed by atoms with E-state index in [4.69, 9.17) is 15.0 Å². The number of nitrogens with zero attached hydrogens (tertiary/aromatic N) is 5. The predicted octanol–water partition coefficient (Wildman–Crippen LogP) is 13.7. The molecule has 0 radical (unpaired) electrons. The lowest BCUT2D eigenvalue weighted by atomic mass is 9.70. The van der Waals surface area contributed by atoms with Crippen molar-refractivity contribution in [2.75, 3.05) is 0 Å². The molecule has 0 N–H and O–H groups in total. The summed E-state index contributed by atoms with van der Waals surface area (Å²) >= 11 is 0. The zero-order valence-electron chi connectivity index (χ0n) is 33.9. The fraction of sp³-hybridized carbons (Fsp3) is 0.0172. The van der Waals surface area contributed by atoms with Gasteiger partial charge < -0.3 is 4.57 Å². The van der Waals surface area contributed by atoms with E-state index in [0.29, 0.717) is 17.6 Å². The first kappa shape index (κ1) is 34.3. The second kappa shape index (κ2) is 12.8. The minimum atomic E-state index is -0.483. The third kappa shape index (κ3) is 4.57. The highest BCUT2D eigenvalue weighted by Crippen LogP contribution is 2.63. The first-order chi connectivity index (χ1) is 31.3. The van der Waals surface area contributed by atoms with Gasteiger partial charge in [0.1, 0.15) is 0 Å². The van der Waals surface area contributed by atoms with E-state index in [2.05, 4.69) is 203 Å². The summed E-state index contributed by atoms with van der Waals surface area (Å²) in [7, 11) is 0. The summed E-state index contributed by atoms with van der Waals surface area (Å²) in [5, 5.41) is 4.71. The summed E-state index contributed by atoms with van der Waals surface area (Å²) in [4.78, 5) is 16.3. The lowest BCUT2D eigenvalue weighted by molar-refractivity contribution is 0.794. The molecule has 292 valence electrons. The number of aromatic nitrogens is 5. The van der Waals surface area contributed by atoms with Crippen LogP contribution >= 0.6 is 0 Å². The highest BCUT2D eigenvalue weighted by atomic mass is 15.2. The van der Waals surface area contributed by atoms with E-state index in [9.17, 15) is 0 Å². The van der Waals surface area contributed by atoms with Crippen LogP contribution in [0.3, 0.4) is 0 Å². The Labute approximate surface area is 362 Å². The summed E-state index contributed by atoms with van der Waals surface area (Å²) < 4.78 is 4.62. The van der Waals surface area contributed by atoms with Gasteiger partial charge >= 0.3 is 0 Å². The average molecular weight is 802 g/mol. The van der Waals surface area contributed by atoms with Crippen molar-refractivity contribution in [2.45, 2.75) is 5.41 Å². The molecule has 14 rings (SSSR count). The normalized spacial score (nSPS) is 13.2. The smallest absolute Gasteiger partial charge is 0.238 e. The zero-order chi connectivity index (χ0) is 41.2. The molecule has 5 nitrogen and oxygen atoms in total. The minimum absolute atomic E-state index is 0.483.